The Labute approximate surface area is 126 Å². The Hall–Kier alpha value is -1.83. The molecule has 0 spiro atoms. The molecule has 1 amide bonds. The Kier molecular flexibility index (Phi) is 5.38. The van der Waals surface area contributed by atoms with Crippen LogP contribution in [0.2, 0.25) is 0 Å². The fraction of sp³-hybridized carbons (Fsp3) is 0.471. The molecule has 1 heterocycles. The molecule has 1 fully saturated rings. The molecule has 1 saturated heterocycles. The summed E-state index contributed by atoms with van der Waals surface area (Å²) in [4.78, 5) is 14.6. The molecule has 2 rings (SSSR count). The van der Waals surface area contributed by atoms with E-state index in [1.54, 1.807) is 12.1 Å². The van der Waals surface area contributed by atoms with Gasteiger partial charge in [0.2, 0.25) is 0 Å². The van der Waals surface area contributed by atoms with E-state index >= 15 is 0 Å². The van der Waals surface area contributed by atoms with Gasteiger partial charge < -0.3 is 15.3 Å². The average Bonchev–Trinajstić information content (AvgIpc) is 2.49. The van der Waals surface area contributed by atoms with Crippen molar-refractivity contribution in [2.75, 3.05) is 20.2 Å². The summed E-state index contributed by atoms with van der Waals surface area (Å²) in [5.41, 5.74) is 1.36. The van der Waals surface area contributed by atoms with Gasteiger partial charge in [0.1, 0.15) is 6.61 Å². The molecule has 4 nitrogen and oxygen atoms in total. The van der Waals surface area contributed by atoms with Gasteiger partial charge in [-0.1, -0.05) is 17.9 Å². The lowest BCUT2D eigenvalue weighted by atomic mass is 9.98. The number of nitrogens with zero attached hydrogens (tertiary/aromatic N) is 1. The summed E-state index contributed by atoms with van der Waals surface area (Å²) in [6, 6.07) is 7.92. The minimum atomic E-state index is -0.177. The molecule has 1 aromatic rings. The Morgan fingerprint density at radius 2 is 2.33 bits per heavy atom. The summed E-state index contributed by atoms with van der Waals surface area (Å²) in [6.07, 6.45) is 1.96. The average molecular weight is 286 g/mol. The number of piperidine rings is 1. The number of amides is 1. The molecular formula is C17H22N2O2. The van der Waals surface area contributed by atoms with Gasteiger partial charge in [-0.3, -0.25) is 4.79 Å². The lowest BCUT2D eigenvalue weighted by Gasteiger charge is -2.35. The van der Waals surface area contributed by atoms with Gasteiger partial charge in [-0.25, -0.2) is 0 Å². The summed E-state index contributed by atoms with van der Waals surface area (Å²) in [6.45, 7) is 3.02. The van der Waals surface area contributed by atoms with Gasteiger partial charge in [-0.2, -0.15) is 0 Å². The summed E-state index contributed by atoms with van der Waals surface area (Å²) in [7, 11) is 2.12. The van der Waals surface area contributed by atoms with Gasteiger partial charge in [-0.15, -0.1) is 0 Å². The highest BCUT2D eigenvalue weighted by molar-refractivity contribution is 5.94. The molecule has 2 unspecified atom stereocenters. The predicted molar refractivity (Wildman–Crippen MR) is 83.0 cm³/mol. The standard InChI is InChI=1S/C17H22N2O2/c1-13-11-16(8-9-19(13)2)18-17(21)15-7-3-5-14(12-15)6-4-10-20/h3,5,7,12-13,16,20H,8-11H2,1-2H3,(H,18,21). The van der Waals surface area contributed by atoms with Gasteiger partial charge >= 0.3 is 0 Å². The fourth-order valence-electron chi connectivity index (χ4n) is 2.57. The van der Waals surface area contributed by atoms with E-state index in [0.717, 1.165) is 24.9 Å². The van der Waals surface area contributed by atoms with E-state index in [1.165, 1.54) is 0 Å². The molecule has 21 heavy (non-hydrogen) atoms. The zero-order valence-corrected chi connectivity index (χ0v) is 12.6. The molecule has 2 N–H and O–H groups in total. The van der Waals surface area contributed by atoms with Crippen molar-refractivity contribution >= 4 is 5.91 Å². The number of aliphatic hydroxyl groups is 1. The molecule has 0 radical (unpaired) electrons. The summed E-state index contributed by atoms with van der Waals surface area (Å²) >= 11 is 0. The number of carbonyl (C=O) groups is 1. The second-order valence-corrected chi connectivity index (χ2v) is 5.57. The molecular weight excluding hydrogens is 264 g/mol. The lowest BCUT2D eigenvalue weighted by molar-refractivity contribution is 0.0896. The van der Waals surface area contributed by atoms with Crippen LogP contribution in [0.4, 0.5) is 0 Å². The molecule has 0 bridgehead atoms. The number of nitrogens with one attached hydrogen (secondary N) is 1. The minimum Gasteiger partial charge on any atom is -0.384 e. The van der Waals surface area contributed by atoms with Crippen LogP contribution in [0.15, 0.2) is 24.3 Å². The number of likely N-dealkylation sites (tertiary alicyclic amines) is 1. The van der Waals surface area contributed by atoms with Crippen LogP contribution in [0.3, 0.4) is 0 Å². The van der Waals surface area contributed by atoms with Gasteiger partial charge in [-0.05, 0) is 45.0 Å². The molecule has 4 heteroatoms. The molecule has 0 aromatic heterocycles. The van der Waals surface area contributed by atoms with Crippen LogP contribution in [0.25, 0.3) is 0 Å². The molecule has 0 saturated carbocycles. The molecule has 1 aliphatic rings. The highest BCUT2D eigenvalue weighted by Gasteiger charge is 2.24. The van der Waals surface area contributed by atoms with Gasteiger partial charge in [0.05, 0.1) is 0 Å². The Morgan fingerprint density at radius 1 is 1.52 bits per heavy atom. The highest BCUT2D eigenvalue weighted by atomic mass is 16.2. The Morgan fingerprint density at radius 3 is 3.05 bits per heavy atom. The van der Waals surface area contributed by atoms with Crippen molar-refractivity contribution in [3.8, 4) is 11.8 Å². The molecule has 2 atom stereocenters. The van der Waals surface area contributed by atoms with Crippen LogP contribution in [0.1, 0.15) is 35.7 Å². The van der Waals surface area contributed by atoms with E-state index in [0.29, 0.717) is 11.6 Å². The first-order valence-electron chi connectivity index (χ1n) is 7.31. The number of benzene rings is 1. The van der Waals surface area contributed by atoms with Crippen molar-refractivity contribution in [2.24, 2.45) is 0 Å². The number of hydrogen-bond donors (Lipinski definition) is 2. The molecule has 1 aromatic carbocycles. The second kappa shape index (κ2) is 7.26. The van der Waals surface area contributed by atoms with Crippen LogP contribution in [-0.2, 0) is 0 Å². The van der Waals surface area contributed by atoms with Crippen molar-refractivity contribution in [1.29, 1.82) is 0 Å². The van der Waals surface area contributed by atoms with Crippen LogP contribution >= 0.6 is 0 Å². The fourth-order valence-corrected chi connectivity index (χ4v) is 2.57. The van der Waals surface area contributed by atoms with E-state index in [2.05, 4.69) is 36.0 Å². The van der Waals surface area contributed by atoms with Gasteiger partial charge in [0.15, 0.2) is 0 Å². The summed E-state index contributed by atoms with van der Waals surface area (Å²) < 4.78 is 0. The van der Waals surface area contributed by atoms with E-state index in [-0.39, 0.29) is 18.6 Å². The summed E-state index contributed by atoms with van der Waals surface area (Å²) in [5, 5.41) is 11.8. The maximum absolute atomic E-state index is 12.3. The molecule has 0 aliphatic carbocycles. The first kappa shape index (κ1) is 15.6. The van der Waals surface area contributed by atoms with E-state index in [4.69, 9.17) is 5.11 Å². The van der Waals surface area contributed by atoms with Crippen LogP contribution in [0.5, 0.6) is 0 Å². The third kappa shape index (κ3) is 4.32. The normalized spacial score (nSPS) is 22.2. The molecule has 1 aliphatic heterocycles. The minimum absolute atomic E-state index is 0.0515. The SMILES string of the molecule is CC1CC(NC(=O)c2cccc(C#CCO)c2)CCN1C. The Balaban J connectivity index is 2.00. The monoisotopic (exact) mass is 286 g/mol. The number of rotatable bonds is 2. The highest BCUT2D eigenvalue weighted by Crippen LogP contribution is 2.16. The first-order valence-corrected chi connectivity index (χ1v) is 7.31. The summed E-state index contributed by atoms with van der Waals surface area (Å²) in [5.74, 6) is 5.36. The zero-order valence-electron chi connectivity index (χ0n) is 12.6. The van der Waals surface area contributed by atoms with Crippen molar-refractivity contribution in [3.05, 3.63) is 35.4 Å². The quantitative estimate of drug-likeness (QED) is 0.804. The predicted octanol–water partition coefficient (Wildman–Crippen LogP) is 1.24. The number of hydrogen-bond acceptors (Lipinski definition) is 3. The first-order chi connectivity index (χ1) is 10.1. The van der Waals surface area contributed by atoms with Gasteiger partial charge in [0, 0.05) is 29.8 Å². The Bertz CT molecular complexity index is 559. The zero-order chi connectivity index (χ0) is 15.2. The number of carbonyl (C=O) groups excluding carboxylic acids is 1. The second-order valence-electron chi connectivity index (χ2n) is 5.57. The van der Waals surface area contributed by atoms with Crippen LogP contribution < -0.4 is 5.32 Å². The largest absolute Gasteiger partial charge is 0.384 e. The third-order valence-corrected chi connectivity index (χ3v) is 3.98. The molecule has 112 valence electrons. The maximum Gasteiger partial charge on any atom is 0.251 e. The smallest absolute Gasteiger partial charge is 0.251 e. The van der Waals surface area contributed by atoms with E-state index in [1.807, 2.05) is 12.1 Å². The van der Waals surface area contributed by atoms with Crippen molar-refractivity contribution < 1.29 is 9.90 Å². The topological polar surface area (TPSA) is 52.6 Å². The van der Waals surface area contributed by atoms with Crippen LogP contribution in [0, 0.1) is 11.8 Å². The van der Waals surface area contributed by atoms with Crippen molar-refractivity contribution in [2.45, 2.75) is 31.8 Å². The number of aliphatic hydroxyl groups excluding tert-OH is 1. The van der Waals surface area contributed by atoms with Crippen LogP contribution in [-0.4, -0.2) is 48.2 Å². The van der Waals surface area contributed by atoms with E-state index in [9.17, 15) is 4.79 Å². The third-order valence-electron chi connectivity index (χ3n) is 3.98. The van der Waals surface area contributed by atoms with Crippen molar-refractivity contribution in [1.82, 2.24) is 10.2 Å². The maximum atomic E-state index is 12.3. The lowest BCUT2D eigenvalue weighted by Crippen LogP contribution is -2.47. The van der Waals surface area contributed by atoms with E-state index < -0.39 is 0 Å². The van der Waals surface area contributed by atoms with Crippen molar-refractivity contribution in [3.63, 3.8) is 0 Å². The van der Waals surface area contributed by atoms with Gasteiger partial charge in [0.25, 0.3) is 5.91 Å².